The van der Waals surface area contributed by atoms with E-state index in [-0.39, 0.29) is 36.7 Å². The molecule has 1 aromatic heterocycles. The minimum absolute atomic E-state index is 0.0197. The Kier molecular flexibility index (Phi) is 9.15. The number of hydrogen-bond donors (Lipinski definition) is 0. The van der Waals surface area contributed by atoms with Gasteiger partial charge in [0.05, 0.1) is 13.2 Å². The summed E-state index contributed by atoms with van der Waals surface area (Å²) >= 11 is 0. The molecule has 1 aromatic carbocycles. The van der Waals surface area contributed by atoms with Gasteiger partial charge in [0.1, 0.15) is 17.3 Å². The topological polar surface area (TPSA) is 84.2 Å². The van der Waals surface area contributed by atoms with Crippen LogP contribution in [0.2, 0.25) is 0 Å². The van der Waals surface area contributed by atoms with Crippen molar-refractivity contribution in [3.05, 3.63) is 65.6 Å². The average Bonchev–Trinajstić information content (AvgIpc) is 3.42. The van der Waals surface area contributed by atoms with Crippen molar-refractivity contribution in [2.24, 2.45) is 0 Å². The Morgan fingerprint density at radius 3 is 2.77 bits per heavy atom. The quantitative estimate of drug-likeness (QED) is 0.241. The number of fused-ring (bicyclic) bond motifs is 1. The van der Waals surface area contributed by atoms with E-state index in [1.807, 2.05) is 36.4 Å². The molecule has 0 saturated carbocycles. The number of para-hydroxylation sites is 1. The van der Waals surface area contributed by atoms with E-state index in [4.69, 9.17) is 23.4 Å². The van der Waals surface area contributed by atoms with E-state index in [2.05, 4.69) is 6.07 Å². The van der Waals surface area contributed by atoms with E-state index in [0.29, 0.717) is 25.2 Å². The van der Waals surface area contributed by atoms with E-state index in [9.17, 15) is 9.59 Å². The Morgan fingerprint density at radius 2 is 2.00 bits per heavy atom. The third-order valence-corrected chi connectivity index (χ3v) is 6.40. The van der Waals surface area contributed by atoms with E-state index < -0.39 is 0 Å². The van der Waals surface area contributed by atoms with Gasteiger partial charge >= 0.3 is 5.97 Å². The molecule has 2 aromatic rings. The van der Waals surface area contributed by atoms with Gasteiger partial charge in [-0.1, -0.05) is 24.3 Å². The number of esters is 1. The molecule has 1 aliphatic carbocycles. The molecule has 0 radical (unpaired) electrons. The molecule has 35 heavy (non-hydrogen) atoms. The van der Waals surface area contributed by atoms with Crippen LogP contribution >= 0.6 is 0 Å². The SMILES string of the molecule is COC(=O)CCCCc1cc2c(o1)C[C@@H](OC1CCCCO1)[C@@H]2/C=C/C(=O)COc1ccccc1. The molecule has 2 heterocycles. The van der Waals surface area contributed by atoms with Crippen LogP contribution in [0, 0.1) is 0 Å². The Morgan fingerprint density at radius 1 is 1.14 bits per heavy atom. The maximum absolute atomic E-state index is 12.5. The third-order valence-electron chi connectivity index (χ3n) is 6.40. The maximum Gasteiger partial charge on any atom is 0.305 e. The lowest BCUT2D eigenvalue weighted by Crippen LogP contribution is -2.30. The number of carbonyl (C=O) groups excluding carboxylic acids is 2. The molecule has 1 aliphatic heterocycles. The summed E-state index contributed by atoms with van der Waals surface area (Å²) in [5, 5.41) is 0. The van der Waals surface area contributed by atoms with Gasteiger partial charge in [-0.2, -0.15) is 0 Å². The van der Waals surface area contributed by atoms with Gasteiger partial charge in [0, 0.05) is 37.4 Å². The van der Waals surface area contributed by atoms with Crippen LogP contribution in [0.5, 0.6) is 5.75 Å². The van der Waals surface area contributed by atoms with Crippen LogP contribution in [0.3, 0.4) is 0 Å². The summed E-state index contributed by atoms with van der Waals surface area (Å²) in [6.07, 6.45) is 9.56. The molecule has 1 fully saturated rings. The second-order valence-corrected chi connectivity index (χ2v) is 9.00. The van der Waals surface area contributed by atoms with Crippen LogP contribution in [0.1, 0.15) is 61.5 Å². The molecule has 2 aliphatic rings. The lowest BCUT2D eigenvalue weighted by molar-refractivity contribution is -0.188. The van der Waals surface area contributed by atoms with Crippen molar-refractivity contribution in [1.82, 2.24) is 0 Å². The normalized spacial score (nSPS) is 21.7. The molecule has 3 atom stereocenters. The van der Waals surface area contributed by atoms with E-state index in [1.54, 1.807) is 6.08 Å². The van der Waals surface area contributed by atoms with E-state index in [1.165, 1.54) is 7.11 Å². The number of ketones is 1. The second kappa shape index (κ2) is 12.7. The Bertz CT molecular complexity index is 988. The lowest BCUT2D eigenvalue weighted by atomic mass is 9.99. The molecule has 1 saturated heterocycles. The van der Waals surface area contributed by atoms with Crippen molar-refractivity contribution < 1.29 is 33.0 Å². The second-order valence-electron chi connectivity index (χ2n) is 9.00. The first kappa shape index (κ1) is 25.2. The zero-order valence-electron chi connectivity index (χ0n) is 20.3. The van der Waals surface area contributed by atoms with Gasteiger partial charge < -0.3 is 23.4 Å². The van der Waals surface area contributed by atoms with Gasteiger partial charge in [-0.05, 0) is 56.4 Å². The molecule has 188 valence electrons. The summed E-state index contributed by atoms with van der Waals surface area (Å²) in [7, 11) is 1.41. The summed E-state index contributed by atoms with van der Waals surface area (Å²) < 4.78 is 28.5. The van der Waals surface area contributed by atoms with Crippen molar-refractivity contribution in [2.45, 2.75) is 69.7 Å². The fraction of sp³-hybridized carbons (Fsp3) is 0.500. The molecular weight excluding hydrogens is 448 g/mol. The number of ether oxygens (including phenoxy) is 4. The van der Waals surface area contributed by atoms with E-state index >= 15 is 0 Å². The van der Waals surface area contributed by atoms with Gasteiger partial charge in [0.25, 0.3) is 0 Å². The number of methoxy groups -OCH3 is 1. The zero-order valence-corrected chi connectivity index (χ0v) is 20.3. The highest BCUT2D eigenvalue weighted by Crippen LogP contribution is 2.40. The van der Waals surface area contributed by atoms with Crippen LogP contribution in [0.25, 0.3) is 0 Å². The molecule has 7 heteroatoms. The standard InChI is InChI=1S/C28H34O7/c1-31-27(30)12-6-5-11-22-17-24-23(15-14-20(29)19-33-21-9-3-2-4-10-21)25(18-26(24)34-22)35-28-13-7-8-16-32-28/h2-4,9-10,14-15,17,23,25,28H,5-8,11-13,16,18-19H2,1H3/b15-14+/t23-,25-,28?/m1/s1. The first-order valence-electron chi connectivity index (χ1n) is 12.5. The molecule has 0 amide bonds. The molecule has 0 N–H and O–H groups in total. The zero-order chi connectivity index (χ0) is 24.5. The predicted molar refractivity (Wildman–Crippen MR) is 129 cm³/mol. The van der Waals surface area contributed by atoms with Crippen LogP contribution in [0.15, 0.2) is 53.0 Å². The number of rotatable bonds is 12. The van der Waals surface area contributed by atoms with Gasteiger partial charge in [-0.3, -0.25) is 9.59 Å². The molecular formula is C28H34O7. The highest BCUT2D eigenvalue weighted by atomic mass is 16.7. The largest absolute Gasteiger partial charge is 0.485 e. The van der Waals surface area contributed by atoms with Crippen molar-refractivity contribution in [1.29, 1.82) is 0 Å². The van der Waals surface area contributed by atoms with Crippen molar-refractivity contribution >= 4 is 11.8 Å². The Hall–Kier alpha value is -2.90. The summed E-state index contributed by atoms with van der Waals surface area (Å²) in [6, 6.07) is 11.4. The fourth-order valence-corrected chi connectivity index (χ4v) is 4.55. The summed E-state index contributed by atoms with van der Waals surface area (Å²) in [4.78, 5) is 23.8. The number of aryl methyl sites for hydroxylation is 1. The molecule has 0 spiro atoms. The van der Waals surface area contributed by atoms with Crippen LogP contribution < -0.4 is 4.74 Å². The highest BCUT2D eigenvalue weighted by Gasteiger charge is 2.37. The fourth-order valence-electron chi connectivity index (χ4n) is 4.55. The van der Waals surface area contributed by atoms with E-state index in [0.717, 1.165) is 55.6 Å². The average molecular weight is 483 g/mol. The number of benzene rings is 1. The van der Waals surface area contributed by atoms with Crippen molar-refractivity contribution in [3.63, 3.8) is 0 Å². The molecule has 4 rings (SSSR count). The molecule has 7 nitrogen and oxygen atoms in total. The number of unbranched alkanes of at least 4 members (excludes halogenated alkanes) is 1. The van der Waals surface area contributed by atoms with Gasteiger partial charge in [0.15, 0.2) is 18.7 Å². The number of carbonyl (C=O) groups is 2. The summed E-state index contributed by atoms with van der Waals surface area (Å²) in [6.45, 7) is 0.695. The number of furan rings is 1. The Labute approximate surface area is 206 Å². The van der Waals surface area contributed by atoms with Gasteiger partial charge in [-0.15, -0.1) is 0 Å². The minimum Gasteiger partial charge on any atom is -0.485 e. The lowest BCUT2D eigenvalue weighted by Gasteiger charge is -2.28. The third kappa shape index (κ3) is 7.29. The first-order chi connectivity index (χ1) is 17.1. The summed E-state index contributed by atoms with van der Waals surface area (Å²) in [5.74, 6) is 2.06. The van der Waals surface area contributed by atoms with Crippen molar-refractivity contribution in [3.8, 4) is 5.75 Å². The smallest absolute Gasteiger partial charge is 0.305 e. The maximum atomic E-state index is 12.5. The summed E-state index contributed by atoms with van der Waals surface area (Å²) in [5.41, 5.74) is 1.06. The van der Waals surface area contributed by atoms with Crippen molar-refractivity contribution in [2.75, 3.05) is 20.3 Å². The monoisotopic (exact) mass is 482 g/mol. The highest BCUT2D eigenvalue weighted by molar-refractivity contribution is 5.91. The molecule has 1 unspecified atom stereocenters. The van der Waals surface area contributed by atoms with Crippen LogP contribution in [0.4, 0.5) is 0 Å². The minimum atomic E-state index is -0.219. The molecule has 0 bridgehead atoms. The number of hydrogen-bond acceptors (Lipinski definition) is 7. The predicted octanol–water partition coefficient (Wildman–Crippen LogP) is 4.92. The van der Waals surface area contributed by atoms with Gasteiger partial charge in [0.2, 0.25) is 0 Å². The van der Waals surface area contributed by atoms with Crippen LogP contribution in [-0.4, -0.2) is 44.5 Å². The van der Waals surface area contributed by atoms with Gasteiger partial charge in [-0.25, -0.2) is 0 Å². The Balaban J connectivity index is 1.39. The first-order valence-corrected chi connectivity index (χ1v) is 12.5. The van der Waals surface area contributed by atoms with Crippen LogP contribution in [-0.2, 0) is 36.6 Å².